The molecule has 1 rings (SSSR count). The lowest BCUT2D eigenvalue weighted by atomic mass is 10.3. The van der Waals surface area contributed by atoms with Crippen molar-refractivity contribution in [3.8, 4) is 0 Å². The van der Waals surface area contributed by atoms with Crippen LogP contribution < -0.4 is 5.73 Å². The molecule has 1 unspecified atom stereocenters. The highest BCUT2D eigenvalue weighted by Crippen LogP contribution is 2.08. The number of hydrogen-bond donors (Lipinski definition) is 1. The van der Waals surface area contributed by atoms with Crippen LogP contribution in [-0.4, -0.2) is 9.55 Å². The van der Waals surface area contributed by atoms with E-state index in [2.05, 4.69) is 4.98 Å². The Morgan fingerprint density at radius 3 is 2.50 bits per heavy atom. The summed E-state index contributed by atoms with van der Waals surface area (Å²) < 4.78 is 2.00. The Balaban J connectivity index is 3.05. The number of nitrogens with two attached hydrogens (primary N) is 1. The molecule has 0 saturated heterocycles. The summed E-state index contributed by atoms with van der Waals surface area (Å²) >= 11 is 0. The summed E-state index contributed by atoms with van der Waals surface area (Å²) in [6, 6.07) is 0.0752. The van der Waals surface area contributed by atoms with E-state index in [0.29, 0.717) is 0 Å². The summed E-state index contributed by atoms with van der Waals surface area (Å²) in [5.41, 5.74) is 6.75. The first-order valence-corrected chi connectivity index (χ1v) is 3.36. The zero-order valence-corrected chi connectivity index (χ0v) is 6.63. The average molecular weight is 139 g/mol. The monoisotopic (exact) mass is 139 g/mol. The van der Waals surface area contributed by atoms with Crippen LogP contribution in [0.25, 0.3) is 0 Å². The van der Waals surface area contributed by atoms with E-state index in [1.165, 1.54) is 0 Å². The van der Waals surface area contributed by atoms with E-state index in [4.69, 9.17) is 5.73 Å². The van der Waals surface area contributed by atoms with Crippen molar-refractivity contribution in [2.24, 2.45) is 12.8 Å². The van der Waals surface area contributed by atoms with Crippen molar-refractivity contribution < 1.29 is 0 Å². The van der Waals surface area contributed by atoms with Crippen LogP contribution in [0.15, 0.2) is 6.20 Å². The normalized spacial score (nSPS) is 13.6. The third kappa shape index (κ3) is 1.04. The van der Waals surface area contributed by atoms with Crippen molar-refractivity contribution in [1.82, 2.24) is 9.55 Å². The molecule has 0 bridgehead atoms. The second-order valence-corrected chi connectivity index (χ2v) is 2.58. The Kier molecular flexibility index (Phi) is 1.76. The second-order valence-electron chi connectivity index (χ2n) is 2.58. The van der Waals surface area contributed by atoms with Crippen LogP contribution in [0.5, 0.6) is 0 Å². The molecule has 10 heavy (non-hydrogen) atoms. The van der Waals surface area contributed by atoms with E-state index in [1.807, 2.05) is 31.7 Å². The zero-order valence-electron chi connectivity index (χ0n) is 6.63. The van der Waals surface area contributed by atoms with Gasteiger partial charge in [-0.25, -0.2) is 4.98 Å². The fraction of sp³-hybridized carbons (Fsp3) is 0.571. The van der Waals surface area contributed by atoms with Gasteiger partial charge in [0.05, 0.1) is 11.9 Å². The molecule has 1 atom stereocenters. The minimum atomic E-state index is 0.0752. The maximum absolute atomic E-state index is 5.67. The zero-order chi connectivity index (χ0) is 7.72. The van der Waals surface area contributed by atoms with Crippen LogP contribution >= 0.6 is 0 Å². The van der Waals surface area contributed by atoms with Crippen molar-refractivity contribution in [1.29, 1.82) is 0 Å². The first-order chi connectivity index (χ1) is 4.63. The molecule has 0 amide bonds. The van der Waals surface area contributed by atoms with Gasteiger partial charge in [0, 0.05) is 13.1 Å². The average Bonchev–Trinajstić information content (AvgIpc) is 2.14. The fourth-order valence-electron chi connectivity index (χ4n) is 0.943. The topological polar surface area (TPSA) is 43.8 Å². The van der Waals surface area contributed by atoms with Crippen molar-refractivity contribution >= 4 is 0 Å². The number of aryl methyl sites for hydroxylation is 1. The van der Waals surface area contributed by atoms with E-state index < -0.39 is 0 Å². The van der Waals surface area contributed by atoms with E-state index >= 15 is 0 Å². The van der Waals surface area contributed by atoms with Crippen LogP contribution in [0.2, 0.25) is 0 Å². The lowest BCUT2D eigenvalue weighted by Gasteiger charge is -2.05. The highest BCUT2D eigenvalue weighted by atomic mass is 15.1. The minimum Gasteiger partial charge on any atom is -0.334 e. The number of imidazole rings is 1. The van der Waals surface area contributed by atoms with Crippen LogP contribution in [-0.2, 0) is 7.05 Å². The summed E-state index contributed by atoms with van der Waals surface area (Å²) in [5, 5.41) is 0. The van der Waals surface area contributed by atoms with E-state index in [0.717, 1.165) is 11.5 Å². The molecule has 3 nitrogen and oxygen atoms in total. The first kappa shape index (κ1) is 7.28. The summed E-state index contributed by atoms with van der Waals surface area (Å²) in [7, 11) is 1.97. The van der Waals surface area contributed by atoms with Gasteiger partial charge in [-0.05, 0) is 13.8 Å². The molecule has 1 aromatic heterocycles. The Labute approximate surface area is 60.9 Å². The van der Waals surface area contributed by atoms with Gasteiger partial charge in [-0.1, -0.05) is 0 Å². The maximum atomic E-state index is 5.67. The van der Waals surface area contributed by atoms with E-state index in [-0.39, 0.29) is 6.04 Å². The predicted molar refractivity (Wildman–Crippen MR) is 40.5 cm³/mol. The molecule has 0 spiro atoms. The van der Waals surface area contributed by atoms with E-state index in [9.17, 15) is 0 Å². The summed E-state index contributed by atoms with van der Waals surface area (Å²) in [5.74, 6) is 1.01. The van der Waals surface area contributed by atoms with Crippen molar-refractivity contribution in [2.75, 3.05) is 0 Å². The molecular weight excluding hydrogens is 126 g/mol. The van der Waals surface area contributed by atoms with Gasteiger partial charge in [-0.3, -0.25) is 0 Å². The molecule has 0 radical (unpaired) electrons. The van der Waals surface area contributed by atoms with Gasteiger partial charge in [0.25, 0.3) is 0 Å². The van der Waals surface area contributed by atoms with Gasteiger partial charge in [0.15, 0.2) is 0 Å². The van der Waals surface area contributed by atoms with Crippen molar-refractivity contribution in [2.45, 2.75) is 19.9 Å². The highest BCUT2D eigenvalue weighted by molar-refractivity contribution is 5.06. The Bertz CT molecular complexity index is 225. The summed E-state index contributed by atoms with van der Waals surface area (Å²) in [4.78, 5) is 4.12. The second kappa shape index (κ2) is 2.42. The van der Waals surface area contributed by atoms with Crippen LogP contribution in [0.4, 0.5) is 0 Å². The molecule has 0 aliphatic carbocycles. The quantitative estimate of drug-likeness (QED) is 0.624. The van der Waals surface area contributed by atoms with Crippen LogP contribution in [0, 0.1) is 6.92 Å². The minimum absolute atomic E-state index is 0.0752. The Morgan fingerprint density at radius 2 is 2.30 bits per heavy atom. The van der Waals surface area contributed by atoms with Crippen molar-refractivity contribution in [3.05, 3.63) is 17.7 Å². The molecule has 0 aliphatic heterocycles. The molecule has 2 N–H and O–H groups in total. The van der Waals surface area contributed by atoms with Gasteiger partial charge in [0.1, 0.15) is 5.82 Å². The summed E-state index contributed by atoms with van der Waals surface area (Å²) in [6.45, 7) is 3.92. The molecule has 1 aromatic rings. The molecule has 0 aromatic carbocycles. The molecule has 3 heteroatoms. The lowest BCUT2D eigenvalue weighted by Crippen LogP contribution is -2.10. The number of nitrogens with zero attached hydrogens (tertiary/aromatic N) is 2. The third-order valence-electron chi connectivity index (χ3n) is 1.72. The largest absolute Gasteiger partial charge is 0.334 e. The third-order valence-corrected chi connectivity index (χ3v) is 1.72. The van der Waals surface area contributed by atoms with E-state index in [1.54, 1.807) is 0 Å². The van der Waals surface area contributed by atoms with Gasteiger partial charge < -0.3 is 10.3 Å². The molecule has 0 saturated carbocycles. The fourth-order valence-corrected chi connectivity index (χ4v) is 0.943. The highest BCUT2D eigenvalue weighted by Gasteiger charge is 2.05. The maximum Gasteiger partial charge on any atom is 0.105 e. The van der Waals surface area contributed by atoms with Crippen LogP contribution in [0.3, 0.4) is 0 Å². The molecule has 0 aliphatic rings. The number of rotatable bonds is 1. The SMILES string of the molecule is Cc1ncc(C(C)N)n1C. The molecule has 0 fully saturated rings. The smallest absolute Gasteiger partial charge is 0.105 e. The summed E-state index contributed by atoms with van der Waals surface area (Å²) in [6.07, 6.45) is 1.82. The number of hydrogen-bond acceptors (Lipinski definition) is 2. The molecular formula is C7H13N3. The standard InChI is InChI=1S/C7H13N3/c1-5(8)7-4-9-6(2)10(7)3/h4-5H,8H2,1-3H3. The predicted octanol–water partition coefficient (Wildman–Crippen LogP) is 0.748. The van der Waals surface area contributed by atoms with Gasteiger partial charge >= 0.3 is 0 Å². The lowest BCUT2D eigenvalue weighted by molar-refractivity contribution is 0.702. The van der Waals surface area contributed by atoms with Gasteiger partial charge in [-0.15, -0.1) is 0 Å². The van der Waals surface area contributed by atoms with Crippen molar-refractivity contribution in [3.63, 3.8) is 0 Å². The Morgan fingerprint density at radius 1 is 1.70 bits per heavy atom. The van der Waals surface area contributed by atoms with Gasteiger partial charge in [-0.2, -0.15) is 0 Å². The Hall–Kier alpha value is -0.830. The van der Waals surface area contributed by atoms with Crippen LogP contribution in [0.1, 0.15) is 24.5 Å². The first-order valence-electron chi connectivity index (χ1n) is 3.36. The molecule has 56 valence electrons. The number of aromatic nitrogens is 2. The van der Waals surface area contributed by atoms with Gasteiger partial charge in [0.2, 0.25) is 0 Å². The molecule has 1 heterocycles.